The molecule has 2 atom stereocenters. The van der Waals surface area contributed by atoms with Crippen molar-refractivity contribution in [2.24, 2.45) is 0 Å². The van der Waals surface area contributed by atoms with Gasteiger partial charge in [0.2, 0.25) is 5.91 Å². The van der Waals surface area contributed by atoms with Crippen molar-refractivity contribution in [3.05, 3.63) is 0 Å². The number of hydrogen-bond donors (Lipinski definition) is 1. The fourth-order valence-electron chi connectivity index (χ4n) is 2.62. The van der Waals surface area contributed by atoms with E-state index in [0.29, 0.717) is 19.6 Å². The number of aliphatic carboxylic acids is 1. The molecule has 1 amide bonds. The molecule has 1 N–H and O–H groups in total. The first-order valence-electron chi connectivity index (χ1n) is 6.90. The highest BCUT2D eigenvalue weighted by molar-refractivity contribution is 5.84. The van der Waals surface area contributed by atoms with Crippen LogP contribution in [0.2, 0.25) is 0 Å². The molecule has 19 heavy (non-hydrogen) atoms. The van der Waals surface area contributed by atoms with Gasteiger partial charge in [0.1, 0.15) is 12.6 Å². The van der Waals surface area contributed by atoms with Gasteiger partial charge in [-0.1, -0.05) is 0 Å². The lowest BCUT2D eigenvalue weighted by molar-refractivity contribution is -0.154. The van der Waals surface area contributed by atoms with Gasteiger partial charge in [-0.05, 0) is 32.1 Å². The maximum Gasteiger partial charge on any atom is 0.326 e. The smallest absolute Gasteiger partial charge is 0.326 e. The molecule has 2 aliphatic rings. The van der Waals surface area contributed by atoms with Gasteiger partial charge in [-0.3, -0.25) is 4.79 Å². The summed E-state index contributed by atoms with van der Waals surface area (Å²) in [5.74, 6) is -1.16. The molecule has 2 rings (SSSR count). The maximum absolute atomic E-state index is 12.0. The first kappa shape index (κ1) is 14.3. The van der Waals surface area contributed by atoms with E-state index in [4.69, 9.17) is 14.6 Å². The van der Waals surface area contributed by atoms with Crippen LogP contribution < -0.4 is 0 Å². The number of nitrogens with zero attached hydrogens (tertiary/aromatic N) is 1. The van der Waals surface area contributed by atoms with E-state index in [2.05, 4.69) is 0 Å². The number of likely N-dealkylation sites (tertiary alicyclic amines) is 1. The van der Waals surface area contributed by atoms with Gasteiger partial charge in [0.25, 0.3) is 0 Å². The summed E-state index contributed by atoms with van der Waals surface area (Å²) in [4.78, 5) is 24.5. The van der Waals surface area contributed by atoms with Crippen molar-refractivity contribution in [1.82, 2.24) is 4.90 Å². The number of carbonyl (C=O) groups is 2. The summed E-state index contributed by atoms with van der Waals surface area (Å²) in [6.07, 6.45) is 4.35. The number of hydrogen-bond acceptors (Lipinski definition) is 4. The van der Waals surface area contributed by atoms with Crippen LogP contribution in [0.3, 0.4) is 0 Å². The van der Waals surface area contributed by atoms with Crippen molar-refractivity contribution in [1.29, 1.82) is 0 Å². The molecule has 6 nitrogen and oxygen atoms in total. The van der Waals surface area contributed by atoms with Gasteiger partial charge in [-0.15, -0.1) is 0 Å². The van der Waals surface area contributed by atoms with E-state index in [-0.39, 0.29) is 18.6 Å². The van der Waals surface area contributed by atoms with Gasteiger partial charge in [-0.25, -0.2) is 4.79 Å². The Morgan fingerprint density at radius 3 is 2.79 bits per heavy atom. The Kier molecular flexibility index (Phi) is 5.15. The molecule has 2 aliphatic heterocycles. The topological polar surface area (TPSA) is 76.1 Å². The van der Waals surface area contributed by atoms with E-state index >= 15 is 0 Å². The van der Waals surface area contributed by atoms with Crippen LogP contribution in [0.5, 0.6) is 0 Å². The Balaban J connectivity index is 1.75. The minimum Gasteiger partial charge on any atom is -0.480 e. The van der Waals surface area contributed by atoms with Crippen LogP contribution in [0.1, 0.15) is 32.1 Å². The number of carboxylic acids is 1. The quantitative estimate of drug-likeness (QED) is 0.794. The fraction of sp³-hybridized carbons (Fsp3) is 0.846. The van der Waals surface area contributed by atoms with Gasteiger partial charge >= 0.3 is 5.97 Å². The second-order valence-corrected chi connectivity index (χ2v) is 5.09. The van der Waals surface area contributed by atoms with E-state index in [0.717, 1.165) is 32.3 Å². The minimum absolute atomic E-state index is 0.0519. The molecule has 0 radical (unpaired) electrons. The molecule has 0 aromatic carbocycles. The molecule has 0 spiro atoms. The molecule has 0 saturated carbocycles. The number of rotatable bonds is 5. The number of carboxylic acid groups (broad SMARTS) is 1. The van der Waals surface area contributed by atoms with E-state index in [9.17, 15) is 9.59 Å². The third kappa shape index (κ3) is 3.91. The molecule has 0 unspecified atom stereocenters. The van der Waals surface area contributed by atoms with Crippen molar-refractivity contribution in [3.63, 3.8) is 0 Å². The third-order valence-electron chi connectivity index (χ3n) is 3.66. The Morgan fingerprint density at radius 2 is 2.11 bits per heavy atom. The molecule has 2 heterocycles. The van der Waals surface area contributed by atoms with Crippen LogP contribution in [0.4, 0.5) is 0 Å². The summed E-state index contributed by atoms with van der Waals surface area (Å²) in [7, 11) is 0. The number of ether oxygens (including phenoxy) is 2. The first-order valence-corrected chi connectivity index (χ1v) is 6.90. The number of amides is 1. The zero-order chi connectivity index (χ0) is 13.7. The van der Waals surface area contributed by atoms with E-state index in [1.165, 1.54) is 4.90 Å². The third-order valence-corrected chi connectivity index (χ3v) is 3.66. The highest BCUT2D eigenvalue weighted by Gasteiger charge is 2.31. The van der Waals surface area contributed by atoms with Crippen LogP contribution in [0, 0.1) is 0 Å². The van der Waals surface area contributed by atoms with Crippen molar-refractivity contribution >= 4 is 11.9 Å². The Hall–Kier alpha value is -1.14. The lowest BCUT2D eigenvalue weighted by Crippen LogP contribution is -2.49. The standard InChI is InChI=1S/C13H21NO5/c15-12(9-18-8-10-4-3-7-19-10)14-6-2-1-5-11(14)13(16)17/h10-11H,1-9H2,(H,16,17)/t10-,11+/m0/s1. The highest BCUT2D eigenvalue weighted by Crippen LogP contribution is 2.17. The second kappa shape index (κ2) is 6.86. The Labute approximate surface area is 112 Å². The van der Waals surface area contributed by atoms with E-state index in [1.54, 1.807) is 0 Å². The van der Waals surface area contributed by atoms with Gasteiger partial charge in [-0.2, -0.15) is 0 Å². The predicted octanol–water partition coefficient (Wildman–Crippen LogP) is 0.648. The summed E-state index contributed by atoms with van der Waals surface area (Å²) in [6, 6.07) is -0.687. The average Bonchev–Trinajstić information content (AvgIpc) is 2.91. The SMILES string of the molecule is O=C(O)[C@H]1CCCCN1C(=O)COC[C@@H]1CCCO1. The summed E-state index contributed by atoms with van der Waals surface area (Å²) in [5.41, 5.74) is 0. The van der Waals surface area contributed by atoms with Crippen molar-refractivity contribution < 1.29 is 24.2 Å². The molecule has 108 valence electrons. The van der Waals surface area contributed by atoms with Crippen molar-refractivity contribution in [3.8, 4) is 0 Å². The largest absolute Gasteiger partial charge is 0.480 e. The highest BCUT2D eigenvalue weighted by atomic mass is 16.5. The van der Waals surface area contributed by atoms with Crippen molar-refractivity contribution in [2.45, 2.75) is 44.2 Å². The molecular formula is C13H21NO5. The normalized spacial score (nSPS) is 27.5. The second-order valence-electron chi connectivity index (χ2n) is 5.09. The summed E-state index contributed by atoms with van der Waals surface area (Å²) < 4.78 is 10.7. The van der Waals surface area contributed by atoms with Crippen LogP contribution in [-0.2, 0) is 19.1 Å². The lowest BCUT2D eigenvalue weighted by Gasteiger charge is -2.32. The molecule has 0 aliphatic carbocycles. The van der Waals surface area contributed by atoms with Crippen LogP contribution in [-0.4, -0.2) is 60.4 Å². The van der Waals surface area contributed by atoms with E-state index < -0.39 is 12.0 Å². The maximum atomic E-state index is 12.0. The summed E-state index contributed by atoms with van der Waals surface area (Å²) >= 11 is 0. The number of piperidine rings is 1. The van der Waals surface area contributed by atoms with Crippen LogP contribution in [0.25, 0.3) is 0 Å². The summed E-state index contributed by atoms with van der Waals surface area (Å²) in [6.45, 7) is 1.63. The fourth-order valence-corrected chi connectivity index (χ4v) is 2.62. The van der Waals surface area contributed by atoms with Gasteiger partial charge in [0, 0.05) is 13.2 Å². The predicted molar refractivity (Wildman–Crippen MR) is 66.8 cm³/mol. The summed E-state index contributed by atoms with van der Waals surface area (Å²) in [5, 5.41) is 9.10. The molecule has 0 bridgehead atoms. The lowest BCUT2D eigenvalue weighted by atomic mass is 10.0. The van der Waals surface area contributed by atoms with Crippen LogP contribution in [0.15, 0.2) is 0 Å². The molecule has 0 aromatic rings. The van der Waals surface area contributed by atoms with Crippen molar-refractivity contribution in [2.75, 3.05) is 26.4 Å². The number of carbonyl (C=O) groups excluding carboxylic acids is 1. The van der Waals surface area contributed by atoms with Gasteiger partial charge < -0.3 is 19.5 Å². The minimum atomic E-state index is -0.924. The van der Waals surface area contributed by atoms with Gasteiger partial charge in [0.15, 0.2) is 0 Å². The van der Waals surface area contributed by atoms with Crippen LogP contribution >= 0.6 is 0 Å². The monoisotopic (exact) mass is 271 g/mol. The zero-order valence-electron chi connectivity index (χ0n) is 11.0. The molecular weight excluding hydrogens is 250 g/mol. The zero-order valence-corrected chi connectivity index (χ0v) is 11.0. The van der Waals surface area contributed by atoms with E-state index in [1.807, 2.05) is 0 Å². The van der Waals surface area contributed by atoms with Gasteiger partial charge in [0.05, 0.1) is 12.7 Å². The molecule has 6 heteroatoms. The first-order chi connectivity index (χ1) is 9.18. The molecule has 2 saturated heterocycles. The molecule has 2 fully saturated rings. The molecule has 0 aromatic heterocycles. The average molecular weight is 271 g/mol. The Bertz CT molecular complexity index is 327. The Morgan fingerprint density at radius 1 is 1.26 bits per heavy atom.